The number of nitrogens with two attached hydrogens (primary N) is 4. The van der Waals surface area contributed by atoms with Crippen LogP contribution in [0.25, 0.3) is 0 Å². The molecule has 2 saturated heterocycles. The average Bonchev–Trinajstić information content (AvgIpc) is 3.12. The zero-order chi connectivity index (χ0) is 29.1. The van der Waals surface area contributed by atoms with Crippen molar-refractivity contribution in [2.24, 2.45) is 22.9 Å². The largest absolute Gasteiger partial charge is 0.490 e. The Hall–Kier alpha value is -1.30. The Morgan fingerprint density at radius 3 is 1.79 bits per heavy atom. The van der Waals surface area contributed by atoms with Crippen LogP contribution in [0, 0.1) is 0 Å². The maximum atomic E-state index is 10.6. The number of carboxylic acid groups (broad SMARTS) is 1. The zero-order valence-electron chi connectivity index (χ0n) is 19.8. The van der Waals surface area contributed by atoms with Crippen LogP contribution < -0.4 is 22.9 Å². The molecular formula is C19H35F3N4O12. The molecule has 1 aliphatic carbocycles. The van der Waals surface area contributed by atoms with Gasteiger partial charge in [-0.05, 0) is 6.42 Å². The van der Waals surface area contributed by atoms with Gasteiger partial charge in [0.15, 0.2) is 12.6 Å². The van der Waals surface area contributed by atoms with Gasteiger partial charge in [-0.2, -0.15) is 13.2 Å². The normalized spacial score (nSPS) is 45.8. The second-order valence-corrected chi connectivity index (χ2v) is 9.10. The molecule has 2 aliphatic heterocycles. The van der Waals surface area contributed by atoms with Gasteiger partial charge < -0.3 is 77.6 Å². The molecule has 0 aromatic heterocycles. The summed E-state index contributed by atoms with van der Waals surface area (Å²) in [5.74, 6) is -2.76. The van der Waals surface area contributed by atoms with Gasteiger partial charge in [0, 0.05) is 18.6 Å². The van der Waals surface area contributed by atoms with Crippen molar-refractivity contribution in [1.82, 2.24) is 0 Å². The lowest BCUT2D eigenvalue weighted by molar-refractivity contribution is -0.306. The Morgan fingerprint density at radius 1 is 0.816 bits per heavy atom. The van der Waals surface area contributed by atoms with Gasteiger partial charge in [-0.1, -0.05) is 0 Å². The number of aliphatic hydroxyl groups excluding tert-OH is 6. The first-order valence-electron chi connectivity index (χ1n) is 11.4. The molecular weight excluding hydrogens is 533 g/mol. The number of hydrogen-bond donors (Lipinski definition) is 11. The summed E-state index contributed by atoms with van der Waals surface area (Å²) in [6, 6.07) is -2.72. The zero-order valence-corrected chi connectivity index (χ0v) is 19.8. The van der Waals surface area contributed by atoms with E-state index >= 15 is 0 Å². The van der Waals surface area contributed by atoms with Crippen molar-refractivity contribution >= 4 is 5.97 Å². The summed E-state index contributed by atoms with van der Waals surface area (Å²) in [5.41, 5.74) is 23.6. The predicted molar refractivity (Wildman–Crippen MR) is 115 cm³/mol. The van der Waals surface area contributed by atoms with Crippen LogP contribution >= 0.6 is 0 Å². The Morgan fingerprint density at radius 2 is 1.32 bits per heavy atom. The number of carboxylic acids is 1. The number of hydrogen-bond acceptors (Lipinski definition) is 15. The molecule has 0 aromatic carbocycles. The lowest BCUT2D eigenvalue weighted by Crippen LogP contribution is -2.68. The van der Waals surface area contributed by atoms with E-state index in [9.17, 15) is 43.8 Å². The van der Waals surface area contributed by atoms with Crippen LogP contribution in [0.2, 0.25) is 0 Å². The van der Waals surface area contributed by atoms with Gasteiger partial charge in [-0.15, -0.1) is 0 Å². The van der Waals surface area contributed by atoms with Crippen LogP contribution in [0.5, 0.6) is 0 Å². The second kappa shape index (κ2) is 13.4. The van der Waals surface area contributed by atoms with Crippen molar-refractivity contribution in [1.29, 1.82) is 0 Å². The van der Waals surface area contributed by atoms with Crippen LogP contribution in [-0.4, -0.2) is 147 Å². The third-order valence-corrected chi connectivity index (χ3v) is 6.37. The van der Waals surface area contributed by atoms with Crippen molar-refractivity contribution in [2.75, 3.05) is 13.2 Å². The minimum Gasteiger partial charge on any atom is -0.475 e. The first-order chi connectivity index (χ1) is 17.5. The van der Waals surface area contributed by atoms with Crippen molar-refractivity contribution < 1.29 is 72.7 Å². The van der Waals surface area contributed by atoms with Crippen molar-refractivity contribution in [2.45, 2.75) is 98.2 Å². The molecule has 0 unspecified atom stereocenters. The monoisotopic (exact) mass is 568 g/mol. The molecule has 16 nitrogen and oxygen atoms in total. The molecule has 2 heterocycles. The van der Waals surface area contributed by atoms with E-state index in [-0.39, 0.29) is 13.0 Å². The van der Waals surface area contributed by atoms with Crippen LogP contribution in [-0.2, 0) is 23.7 Å². The quantitative estimate of drug-likeness (QED) is 0.142. The van der Waals surface area contributed by atoms with Crippen molar-refractivity contribution in [3.63, 3.8) is 0 Å². The van der Waals surface area contributed by atoms with E-state index in [0.717, 1.165) is 0 Å². The van der Waals surface area contributed by atoms with Gasteiger partial charge in [0.25, 0.3) is 0 Å². The molecule has 224 valence electrons. The number of alkyl halides is 3. The van der Waals surface area contributed by atoms with Gasteiger partial charge in [0.2, 0.25) is 0 Å². The summed E-state index contributed by atoms with van der Waals surface area (Å²) in [6.45, 7) is -0.673. The fourth-order valence-electron chi connectivity index (χ4n) is 4.16. The minimum atomic E-state index is -5.08. The maximum Gasteiger partial charge on any atom is 0.490 e. The Labute approximate surface area is 213 Å². The van der Waals surface area contributed by atoms with Gasteiger partial charge in [0.1, 0.15) is 48.8 Å². The van der Waals surface area contributed by atoms with Crippen molar-refractivity contribution in [3.8, 4) is 0 Å². The molecule has 15 N–H and O–H groups in total. The molecule has 3 fully saturated rings. The van der Waals surface area contributed by atoms with E-state index in [2.05, 4.69) is 0 Å². The SMILES string of the molecule is NC[C@H]1O[C@H](O[C@H]2[C@H](O[C@@H]3O[C@H](CO)[C@@H](O)[C@H]3O)[C@@H](O)[C@H](N)C[C@@H]2N)[C@H](N)[C@@H](O)[C@@H]1O.O=C(O)C(F)(F)F. The van der Waals surface area contributed by atoms with E-state index in [1.807, 2.05) is 0 Å². The highest BCUT2D eigenvalue weighted by atomic mass is 19.4. The number of ether oxygens (including phenoxy) is 4. The maximum absolute atomic E-state index is 10.6. The Balaban J connectivity index is 0.000000638. The lowest BCUT2D eigenvalue weighted by Gasteiger charge is -2.47. The molecule has 0 aromatic rings. The number of aliphatic carboxylic acids is 1. The van der Waals surface area contributed by atoms with E-state index in [0.29, 0.717) is 0 Å². The third-order valence-electron chi connectivity index (χ3n) is 6.37. The Bertz CT molecular complexity index is 771. The highest BCUT2D eigenvalue weighted by molar-refractivity contribution is 5.73. The summed E-state index contributed by atoms with van der Waals surface area (Å²) in [6.07, 6.45) is -18.9. The molecule has 0 bridgehead atoms. The molecule has 0 radical (unpaired) electrons. The molecule has 14 atom stereocenters. The number of halogens is 3. The second-order valence-electron chi connectivity index (χ2n) is 9.10. The molecule has 3 aliphatic rings. The fraction of sp³-hybridized carbons (Fsp3) is 0.947. The third kappa shape index (κ3) is 7.46. The summed E-state index contributed by atoms with van der Waals surface area (Å²) >= 11 is 0. The summed E-state index contributed by atoms with van der Waals surface area (Å²) in [5, 5.41) is 67.3. The van der Waals surface area contributed by atoms with E-state index < -0.39 is 104 Å². The number of aliphatic hydroxyl groups is 6. The number of carbonyl (C=O) groups is 1. The van der Waals surface area contributed by atoms with E-state index in [1.54, 1.807) is 0 Å². The molecule has 1 saturated carbocycles. The van der Waals surface area contributed by atoms with Gasteiger partial charge in [-0.3, -0.25) is 0 Å². The van der Waals surface area contributed by atoms with E-state index in [1.165, 1.54) is 0 Å². The summed E-state index contributed by atoms with van der Waals surface area (Å²) < 4.78 is 54.2. The fourth-order valence-corrected chi connectivity index (χ4v) is 4.16. The standard InChI is InChI=1S/C17H34N4O10.C2HF3O2/c18-2-6-10(24)12(26)8(21)16(28-6)30-14-5(20)1-4(19)9(23)15(14)31-17-13(27)11(25)7(3-22)29-17;3-2(4,5)1(6)7/h4-17,22-27H,1-3,18-21H2;(H,6,7)/t4-,5+,6-,7-,8-,9+,10-,11-,12-,13-,14-,15-,16-,17+;/m1./s1. The minimum absolute atomic E-state index is 0.114. The topological polar surface area (TPSA) is 300 Å². The first-order valence-corrected chi connectivity index (χ1v) is 11.4. The van der Waals surface area contributed by atoms with Crippen LogP contribution in [0.3, 0.4) is 0 Å². The predicted octanol–water partition coefficient (Wildman–Crippen LogP) is -6.02. The number of rotatable bonds is 6. The molecule has 3 rings (SSSR count). The molecule has 0 spiro atoms. The smallest absolute Gasteiger partial charge is 0.475 e. The summed E-state index contributed by atoms with van der Waals surface area (Å²) in [4.78, 5) is 8.90. The molecule has 38 heavy (non-hydrogen) atoms. The summed E-state index contributed by atoms with van der Waals surface area (Å²) in [7, 11) is 0. The van der Waals surface area contributed by atoms with Crippen LogP contribution in [0.1, 0.15) is 6.42 Å². The van der Waals surface area contributed by atoms with Gasteiger partial charge in [-0.25, -0.2) is 4.79 Å². The average molecular weight is 568 g/mol. The van der Waals surface area contributed by atoms with Gasteiger partial charge >= 0.3 is 12.1 Å². The highest BCUT2D eigenvalue weighted by Gasteiger charge is 2.52. The Kier molecular flexibility index (Phi) is 11.6. The highest BCUT2D eigenvalue weighted by Crippen LogP contribution is 2.32. The van der Waals surface area contributed by atoms with Crippen LogP contribution in [0.4, 0.5) is 13.2 Å². The molecule has 0 amide bonds. The van der Waals surface area contributed by atoms with Crippen molar-refractivity contribution in [3.05, 3.63) is 0 Å². The van der Waals surface area contributed by atoms with E-state index in [4.69, 9.17) is 51.8 Å². The lowest BCUT2D eigenvalue weighted by atomic mass is 9.84. The first kappa shape index (κ1) is 32.9. The van der Waals surface area contributed by atoms with Crippen LogP contribution in [0.15, 0.2) is 0 Å². The van der Waals surface area contributed by atoms with Gasteiger partial charge in [0.05, 0.1) is 18.8 Å². The molecule has 19 heteroatoms.